The van der Waals surface area contributed by atoms with Gasteiger partial charge in [-0.15, -0.1) is 0 Å². The van der Waals surface area contributed by atoms with E-state index in [0.717, 1.165) is 56.9 Å². The molecule has 3 saturated carbocycles. The van der Waals surface area contributed by atoms with Crippen LogP contribution in [0.15, 0.2) is 30.3 Å². The van der Waals surface area contributed by atoms with Crippen LogP contribution in [-0.2, 0) is 26.8 Å². The average molecular weight is 603 g/mol. The lowest BCUT2D eigenvalue weighted by Crippen LogP contribution is -2.56. The Bertz CT molecular complexity index is 1030. The summed E-state index contributed by atoms with van der Waals surface area (Å²) in [5.41, 5.74) is 0.993. The summed E-state index contributed by atoms with van der Waals surface area (Å²) >= 11 is 0. The normalized spacial score (nSPS) is 22.4. The fourth-order valence-corrected chi connectivity index (χ4v) is 7.35. The van der Waals surface area contributed by atoms with Crippen molar-refractivity contribution in [1.29, 1.82) is 0 Å². The highest BCUT2D eigenvalue weighted by atomic mass is 32.2. The van der Waals surface area contributed by atoms with Crippen molar-refractivity contribution in [2.45, 2.75) is 133 Å². The number of rotatable bonds is 16. The maximum absolute atomic E-state index is 13.8. The van der Waals surface area contributed by atoms with Gasteiger partial charge in [0.05, 0.1) is 18.1 Å². The zero-order chi connectivity index (χ0) is 30.3. The maximum Gasteiger partial charge on any atom is 0.242 e. The van der Waals surface area contributed by atoms with Crippen molar-refractivity contribution in [2.24, 2.45) is 23.7 Å². The lowest BCUT2D eigenvalue weighted by Gasteiger charge is -2.33. The molecule has 236 valence electrons. The average Bonchev–Trinajstić information content (AvgIpc) is 3.89. The standard InChI is InChI=1S/C34H54N2O5S/c1-34(2,3)42(41)22-27(18-23-10-6-4-7-11-23)32(39)36-29(20-25-14-15-25)33(40)35-28(19-24-12-8-5-9-13-24)31(38)30(37)21-26-16-17-26/h4,6-7,10-11,24-31,37-38H,5,8-9,12-22H2,1-3H3,(H,35,40)(H,36,39)/t27-,28+,29+,30+,31-,42?/m1/s1. The number of carbonyl (C=O) groups is 2. The Labute approximate surface area is 255 Å². The number of benzene rings is 1. The van der Waals surface area contributed by atoms with Crippen LogP contribution in [0.4, 0.5) is 0 Å². The van der Waals surface area contributed by atoms with Crippen molar-refractivity contribution >= 4 is 22.6 Å². The molecular weight excluding hydrogens is 548 g/mol. The number of aliphatic hydroxyl groups is 2. The Morgan fingerprint density at radius 3 is 2.02 bits per heavy atom. The summed E-state index contributed by atoms with van der Waals surface area (Å²) in [5, 5.41) is 28.2. The highest BCUT2D eigenvalue weighted by Crippen LogP contribution is 2.36. The molecule has 3 aliphatic rings. The summed E-state index contributed by atoms with van der Waals surface area (Å²) in [7, 11) is -1.23. The molecule has 0 radical (unpaired) electrons. The Hall–Kier alpha value is -1.77. The largest absolute Gasteiger partial charge is 0.390 e. The van der Waals surface area contributed by atoms with Crippen LogP contribution in [0.2, 0.25) is 0 Å². The number of carbonyl (C=O) groups excluding carboxylic acids is 2. The van der Waals surface area contributed by atoms with E-state index in [2.05, 4.69) is 10.6 Å². The van der Waals surface area contributed by atoms with E-state index < -0.39 is 45.8 Å². The molecule has 6 atom stereocenters. The van der Waals surface area contributed by atoms with E-state index >= 15 is 0 Å². The first-order valence-electron chi connectivity index (χ1n) is 16.4. The molecule has 0 saturated heterocycles. The molecule has 0 bridgehead atoms. The van der Waals surface area contributed by atoms with E-state index in [4.69, 9.17) is 0 Å². The van der Waals surface area contributed by atoms with Gasteiger partial charge in [-0.1, -0.05) is 88.1 Å². The minimum absolute atomic E-state index is 0.221. The number of aliphatic hydroxyl groups excluding tert-OH is 2. The summed E-state index contributed by atoms with van der Waals surface area (Å²) in [6.07, 6.45) is 10.2. The molecule has 7 nitrogen and oxygen atoms in total. The summed E-state index contributed by atoms with van der Waals surface area (Å²) in [6, 6.07) is 8.46. The van der Waals surface area contributed by atoms with Gasteiger partial charge in [-0.05, 0) is 69.8 Å². The minimum atomic E-state index is -1.23. The van der Waals surface area contributed by atoms with E-state index in [1.165, 1.54) is 6.42 Å². The molecule has 4 rings (SSSR count). The topological polar surface area (TPSA) is 116 Å². The van der Waals surface area contributed by atoms with Gasteiger partial charge in [0, 0.05) is 21.3 Å². The van der Waals surface area contributed by atoms with Crippen molar-refractivity contribution in [1.82, 2.24) is 10.6 Å². The van der Waals surface area contributed by atoms with Gasteiger partial charge in [0.2, 0.25) is 11.8 Å². The van der Waals surface area contributed by atoms with Crippen LogP contribution in [0.5, 0.6) is 0 Å². The van der Waals surface area contributed by atoms with Crippen molar-refractivity contribution in [3.63, 3.8) is 0 Å². The second-order valence-electron chi connectivity index (χ2n) is 14.3. The predicted octanol–water partition coefficient (Wildman–Crippen LogP) is 4.65. The van der Waals surface area contributed by atoms with Crippen LogP contribution in [0.1, 0.15) is 103 Å². The molecule has 0 heterocycles. The molecule has 3 fully saturated rings. The van der Waals surface area contributed by atoms with E-state index in [1.54, 1.807) is 0 Å². The summed E-state index contributed by atoms with van der Waals surface area (Å²) < 4.78 is 12.7. The second kappa shape index (κ2) is 15.3. The molecule has 1 aromatic carbocycles. The number of hydrogen-bond acceptors (Lipinski definition) is 5. The smallest absolute Gasteiger partial charge is 0.242 e. The quantitative estimate of drug-likeness (QED) is 0.220. The monoisotopic (exact) mass is 602 g/mol. The van der Waals surface area contributed by atoms with Crippen LogP contribution >= 0.6 is 0 Å². The van der Waals surface area contributed by atoms with Crippen molar-refractivity contribution in [2.75, 3.05) is 5.75 Å². The number of nitrogens with one attached hydrogen (secondary N) is 2. The zero-order valence-corrected chi connectivity index (χ0v) is 26.7. The molecule has 0 aliphatic heterocycles. The van der Waals surface area contributed by atoms with Crippen LogP contribution < -0.4 is 10.6 Å². The lowest BCUT2D eigenvalue weighted by molar-refractivity contribution is -0.132. The van der Waals surface area contributed by atoms with Crippen LogP contribution in [0.3, 0.4) is 0 Å². The minimum Gasteiger partial charge on any atom is -0.390 e. The van der Waals surface area contributed by atoms with Gasteiger partial charge in [0.1, 0.15) is 12.1 Å². The van der Waals surface area contributed by atoms with Gasteiger partial charge < -0.3 is 20.8 Å². The van der Waals surface area contributed by atoms with E-state index in [-0.39, 0.29) is 17.6 Å². The first-order chi connectivity index (χ1) is 20.0. The SMILES string of the molecule is CC(C)(C)S(=O)C[C@@H](Cc1ccccc1)C(=O)N[C@@H](CC1CC1)C(=O)N[C@@H](CC1CCCCC1)[C@@H](O)[C@@H](O)CC1CC1. The van der Waals surface area contributed by atoms with Crippen LogP contribution in [0.25, 0.3) is 0 Å². The zero-order valence-electron chi connectivity index (χ0n) is 25.9. The predicted molar refractivity (Wildman–Crippen MR) is 168 cm³/mol. The molecule has 4 N–H and O–H groups in total. The first-order valence-corrected chi connectivity index (χ1v) is 17.7. The second-order valence-corrected chi connectivity index (χ2v) is 16.6. The molecule has 0 aromatic heterocycles. The molecule has 8 heteroatoms. The summed E-state index contributed by atoms with van der Waals surface area (Å²) in [5.74, 6) is 0.400. The molecule has 1 aromatic rings. The van der Waals surface area contributed by atoms with Gasteiger partial charge in [0.15, 0.2) is 0 Å². The molecule has 2 amide bonds. The van der Waals surface area contributed by atoms with Gasteiger partial charge >= 0.3 is 0 Å². The number of amides is 2. The van der Waals surface area contributed by atoms with Crippen molar-refractivity contribution in [3.8, 4) is 0 Å². The van der Waals surface area contributed by atoms with Crippen LogP contribution in [0, 0.1) is 23.7 Å². The molecule has 3 aliphatic carbocycles. The Morgan fingerprint density at radius 1 is 0.833 bits per heavy atom. The molecule has 1 unspecified atom stereocenters. The highest BCUT2D eigenvalue weighted by molar-refractivity contribution is 7.86. The maximum atomic E-state index is 13.8. The van der Waals surface area contributed by atoms with Gasteiger partial charge in [0.25, 0.3) is 0 Å². The summed E-state index contributed by atoms with van der Waals surface area (Å²) in [6.45, 7) is 5.75. The molecular formula is C34H54N2O5S. The Morgan fingerprint density at radius 2 is 1.43 bits per heavy atom. The van der Waals surface area contributed by atoms with Gasteiger partial charge in [-0.25, -0.2) is 0 Å². The summed E-state index contributed by atoms with van der Waals surface area (Å²) in [4.78, 5) is 27.6. The Kier molecular flexibility index (Phi) is 12.1. The van der Waals surface area contributed by atoms with Crippen molar-refractivity contribution in [3.05, 3.63) is 35.9 Å². The lowest BCUT2D eigenvalue weighted by atomic mass is 9.82. The van der Waals surface area contributed by atoms with Crippen LogP contribution in [-0.4, -0.2) is 61.0 Å². The third-order valence-electron chi connectivity index (χ3n) is 9.35. The fraction of sp³-hybridized carbons (Fsp3) is 0.765. The number of hydrogen-bond donors (Lipinski definition) is 4. The fourth-order valence-electron chi connectivity index (χ4n) is 6.22. The third-order valence-corrected chi connectivity index (χ3v) is 11.4. The third kappa shape index (κ3) is 10.7. The molecule has 42 heavy (non-hydrogen) atoms. The van der Waals surface area contributed by atoms with E-state index in [1.807, 2.05) is 51.1 Å². The van der Waals surface area contributed by atoms with E-state index in [0.29, 0.717) is 43.4 Å². The Balaban J connectivity index is 1.47. The van der Waals surface area contributed by atoms with Gasteiger partial charge in [-0.3, -0.25) is 13.8 Å². The van der Waals surface area contributed by atoms with E-state index in [9.17, 15) is 24.0 Å². The van der Waals surface area contributed by atoms with Crippen molar-refractivity contribution < 1.29 is 24.0 Å². The van der Waals surface area contributed by atoms with Gasteiger partial charge in [-0.2, -0.15) is 0 Å². The first kappa shape index (κ1) is 33.1. The molecule has 0 spiro atoms. The highest BCUT2D eigenvalue weighted by Gasteiger charge is 2.38.